The van der Waals surface area contributed by atoms with Gasteiger partial charge in [0, 0.05) is 24.3 Å². The molecule has 0 spiro atoms. The fourth-order valence-corrected chi connectivity index (χ4v) is 2.69. The Morgan fingerprint density at radius 2 is 1.91 bits per heavy atom. The number of carbonyl (C=O) groups excluding carboxylic acids is 1. The molecule has 0 aliphatic heterocycles. The third kappa shape index (κ3) is 3.75. The topological polar surface area (TPSA) is 90.5 Å². The molecule has 0 saturated heterocycles. The predicted molar refractivity (Wildman–Crippen MR) is 83.7 cm³/mol. The second kappa shape index (κ2) is 6.33. The maximum atomic E-state index is 12.5. The zero-order chi connectivity index (χ0) is 16.3. The highest BCUT2D eigenvalue weighted by molar-refractivity contribution is 7.90. The Kier molecular flexibility index (Phi) is 4.68. The zero-order valence-corrected chi connectivity index (χ0v) is 13.2. The van der Waals surface area contributed by atoms with Crippen LogP contribution in [0, 0.1) is 0 Å². The molecule has 0 aliphatic carbocycles. The number of hydrogen-bond acceptors (Lipinski definition) is 4. The van der Waals surface area contributed by atoms with Gasteiger partial charge in [0.25, 0.3) is 5.91 Å². The largest absolute Gasteiger partial charge is 0.392 e. The molecule has 0 bridgehead atoms. The molecule has 0 unspecified atom stereocenters. The zero-order valence-electron chi connectivity index (χ0n) is 12.4. The van der Waals surface area contributed by atoms with Gasteiger partial charge >= 0.3 is 0 Å². The number of aliphatic hydroxyl groups is 1. The second-order valence-electron chi connectivity index (χ2n) is 5.13. The summed E-state index contributed by atoms with van der Waals surface area (Å²) in [5.74, 6) is -0.269. The van der Waals surface area contributed by atoms with Crippen molar-refractivity contribution in [2.75, 3.05) is 17.7 Å². The number of aromatic nitrogens is 1. The molecule has 7 heteroatoms. The average Bonchev–Trinajstić information content (AvgIpc) is 2.97. The lowest BCUT2D eigenvalue weighted by Gasteiger charge is -2.24. The van der Waals surface area contributed by atoms with Crippen LogP contribution in [0.3, 0.4) is 0 Å². The lowest BCUT2D eigenvalue weighted by Crippen LogP contribution is -2.36. The highest BCUT2D eigenvalue weighted by Crippen LogP contribution is 2.20. The molecule has 2 N–H and O–H groups in total. The van der Waals surface area contributed by atoms with Crippen molar-refractivity contribution >= 4 is 21.4 Å². The number of nitrogens with zero attached hydrogens (tertiary/aromatic N) is 1. The van der Waals surface area contributed by atoms with Crippen molar-refractivity contribution in [3.05, 3.63) is 48.3 Å². The molecule has 6 nitrogen and oxygen atoms in total. The van der Waals surface area contributed by atoms with Gasteiger partial charge in [0.15, 0.2) is 9.84 Å². The van der Waals surface area contributed by atoms with Crippen LogP contribution in [-0.4, -0.2) is 43.3 Å². The van der Waals surface area contributed by atoms with E-state index in [1.54, 1.807) is 37.5 Å². The number of carbonyl (C=O) groups is 1. The van der Waals surface area contributed by atoms with Gasteiger partial charge in [-0.2, -0.15) is 0 Å². The fraction of sp³-hybridized carbons (Fsp3) is 0.267. The number of H-pyrrole nitrogens is 1. The van der Waals surface area contributed by atoms with E-state index in [2.05, 4.69) is 4.98 Å². The molecular formula is C15H18N2O4S. The molecule has 2 rings (SSSR count). The molecule has 1 heterocycles. The molecule has 1 amide bonds. The molecule has 0 aliphatic rings. The van der Waals surface area contributed by atoms with E-state index in [4.69, 9.17) is 0 Å². The van der Waals surface area contributed by atoms with Crippen LogP contribution >= 0.6 is 0 Å². The molecule has 2 aromatic rings. The van der Waals surface area contributed by atoms with Gasteiger partial charge in [-0.25, -0.2) is 8.42 Å². The summed E-state index contributed by atoms with van der Waals surface area (Å²) in [6, 6.07) is 7.66. The van der Waals surface area contributed by atoms with Gasteiger partial charge in [-0.1, -0.05) is 0 Å². The van der Waals surface area contributed by atoms with Crippen molar-refractivity contribution in [2.45, 2.75) is 17.9 Å². The van der Waals surface area contributed by atoms with E-state index in [1.165, 1.54) is 17.0 Å². The molecule has 0 fully saturated rings. The highest BCUT2D eigenvalue weighted by Gasteiger charge is 2.20. The van der Waals surface area contributed by atoms with Gasteiger partial charge in [0.1, 0.15) is 0 Å². The fourth-order valence-electron chi connectivity index (χ4n) is 2.06. The van der Waals surface area contributed by atoms with Gasteiger partial charge < -0.3 is 15.0 Å². The van der Waals surface area contributed by atoms with Gasteiger partial charge in [-0.3, -0.25) is 4.79 Å². The number of benzene rings is 1. The summed E-state index contributed by atoms with van der Waals surface area (Å²) in [6.07, 6.45) is 3.63. The quantitative estimate of drug-likeness (QED) is 0.871. The Hall–Kier alpha value is -2.12. The Labute approximate surface area is 129 Å². The van der Waals surface area contributed by atoms with Crippen LogP contribution in [0.4, 0.5) is 5.69 Å². The maximum absolute atomic E-state index is 12.5. The summed E-state index contributed by atoms with van der Waals surface area (Å²) < 4.78 is 23.0. The van der Waals surface area contributed by atoms with Crippen LogP contribution < -0.4 is 4.90 Å². The summed E-state index contributed by atoms with van der Waals surface area (Å²) in [4.78, 5) is 16.9. The first-order valence-corrected chi connectivity index (χ1v) is 8.61. The minimum absolute atomic E-state index is 0.113. The van der Waals surface area contributed by atoms with Crippen LogP contribution in [-0.2, 0) is 9.84 Å². The number of amides is 1. The number of nitrogens with one attached hydrogen (secondary N) is 1. The van der Waals surface area contributed by atoms with Gasteiger partial charge in [0.05, 0.1) is 23.1 Å². The van der Waals surface area contributed by atoms with Gasteiger partial charge in [0.2, 0.25) is 0 Å². The van der Waals surface area contributed by atoms with Crippen LogP contribution in [0.1, 0.15) is 17.3 Å². The maximum Gasteiger partial charge on any atom is 0.259 e. The standard InChI is InChI=1S/C15H18N2O4S/c1-11(18)10-17(15(19)12-7-8-16-9-12)13-3-5-14(6-4-13)22(2,20)21/h3-9,11,16,18H,10H2,1-2H3/t11-/m0/s1. The molecular weight excluding hydrogens is 304 g/mol. The minimum Gasteiger partial charge on any atom is -0.392 e. The summed E-state index contributed by atoms with van der Waals surface area (Å²) in [6.45, 7) is 1.70. The predicted octanol–water partition coefficient (Wildman–Crippen LogP) is 1.45. The lowest BCUT2D eigenvalue weighted by molar-refractivity contribution is 0.0967. The summed E-state index contributed by atoms with van der Waals surface area (Å²) in [5.41, 5.74) is 0.993. The normalized spacial score (nSPS) is 12.9. The van der Waals surface area contributed by atoms with Crippen LogP contribution in [0.2, 0.25) is 0 Å². The van der Waals surface area contributed by atoms with E-state index in [0.717, 1.165) is 6.26 Å². The van der Waals surface area contributed by atoms with E-state index in [1.807, 2.05) is 0 Å². The highest BCUT2D eigenvalue weighted by atomic mass is 32.2. The van der Waals surface area contributed by atoms with Gasteiger partial charge in [-0.05, 0) is 37.3 Å². The van der Waals surface area contributed by atoms with Crippen LogP contribution in [0.15, 0.2) is 47.6 Å². The lowest BCUT2D eigenvalue weighted by atomic mass is 10.2. The molecule has 1 aromatic heterocycles. The number of sulfone groups is 1. The molecule has 1 aromatic carbocycles. The molecule has 0 saturated carbocycles. The van der Waals surface area contributed by atoms with Crippen molar-refractivity contribution in [1.82, 2.24) is 4.98 Å². The number of aliphatic hydroxyl groups excluding tert-OH is 1. The summed E-state index contributed by atoms with van der Waals surface area (Å²) >= 11 is 0. The SMILES string of the molecule is C[C@H](O)CN(C(=O)c1cc[nH]c1)c1ccc(S(C)(=O)=O)cc1. The van der Waals surface area contributed by atoms with E-state index >= 15 is 0 Å². The molecule has 1 atom stereocenters. The first-order chi connectivity index (χ1) is 10.3. The Bertz CT molecular complexity index is 734. The first kappa shape index (κ1) is 16.3. The minimum atomic E-state index is -3.29. The second-order valence-corrected chi connectivity index (χ2v) is 7.15. The first-order valence-electron chi connectivity index (χ1n) is 6.72. The van der Waals surface area contributed by atoms with E-state index < -0.39 is 15.9 Å². The number of rotatable bonds is 5. The Morgan fingerprint density at radius 1 is 1.27 bits per heavy atom. The van der Waals surface area contributed by atoms with E-state index in [9.17, 15) is 18.3 Å². The van der Waals surface area contributed by atoms with Crippen molar-refractivity contribution in [3.8, 4) is 0 Å². The van der Waals surface area contributed by atoms with Gasteiger partial charge in [-0.15, -0.1) is 0 Å². The van der Waals surface area contributed by atoms with Crippen LogP contribution in [0.25, 0.3) is 0 Å². The van der Waals surface area contributed by atoms with Crippen molar-refractivity contribution in [2.24, 2.45) is 0 Å². The Morgan fingerprint density at radius 3 is 2.36 bits per heavy atom. The smallest absolute Gasteiger partial charge is 0.259 e. The molecule has 0 radical (unpaired) electrons. The average molecular weight is 322 g/mol. The van der Waals surface area contributed by atoms with Crippen molar-refractivity contribution in [3.63, 3.8) is 0 Å². The van der Waals surface area contributed by atoms with E-state index in [0.29, 0.717) is 11.3 Å². The monoisotopic (exact) mass is 322 g/mol. The number of aromatic amines is 1. The molecule has 118 valence electrons. The third-order valence-electron chi connectivity index (χ3n) is 3.11. The third-order valence-corrected chi connectivity index (χ3v) is 4.24. The van der Waals surface area contributed by atoms with Crippen molar-refractivity contribution in [1.29, 1.82) is 0 Å². The number of anilines is 1. The van der Waals surface area contributed by atoms with Crippen molar-refractivity contribution < 1.29 is 18.3 Å². The van der Waals surface area contributed by atoms with Crippen LogP contribution in [0.5, 0.6) is 0 Å². The summed E-state index contributed by atoms with van der Waals surface area (Å²) in [7, 11) is -3.29. The number of hydrogen-bond donors (Lipinski definition) is 2. The molecule has 22 heavy (non-hydrogen) atoms. The Balaban J connectivity index is 2.35. The summed E-state index contributed by atoms with van der Waals surface area (Å²) in [5, 5.41) is 9.62. The van der Waals surface area contributed by atoms with E-state index in [-0.39, 0.29) is 17.3 Å².